The lowest BCUT2D eigenvalue weighted by atomic mass is 10.3. The lowest BCUT2D eigenvalue weighted by molar-refractivity contribution is -0.141. The average Bonchev–Trinajstić information content (AvgIpc) is 2.20. The Morgan fingerprint density at radius 1 is 1.50 bits per heavy atom. The van der Waals surface area contributed by atoms with Crippen LogP contribution in [0.1, 0.15) is 13.8 Å². The summed E-state index contributed by atoms with van der Waals surface area (Å²) in [5.74, 6) is -1.17. The molecule has 0 rings (SSSR count). The van der Waals surface area contributed by atoms with Gasteiger partial charge < -0.3 is 19.9 Å². The van der Waals surface area contributed by atoms with E-state index >= 15 is 0 Å². The number of aliphatic carboxylic acids is 1. The van der Waals surface area contributed by atoms with Crippen molar-refractivity contribution < 1.29 is 24.2 Å². The van der Waals surface area contributed by atoms with Crippen molar-refractivity contribution >= 4 is 12.1 Å². The lowest BCUT2D eigenvalue weighted by Crippen LogP contribution is -2.44. The molecule has 0 aliphatic rings. The third-order valence-electron chi connectivity index (χ3n) is 1.52. The van der Waals surface area contributed by atoms with Crippen LogP contribution in [0.3, 0.4) is 0 Å². The zero-order valence-electron chi connectivity index (χ0n) is 9.43. The second-order valence-corrected chi connectivity index (χ2v) is 3.30. The first-order valence-corrected chi connectivity index (χ1v) is 4.86. The second-order valence-electron chi connectivity index (χ2n) is 3.30. The number of rotatable bonds is 7. The zero-order chi connectivity index (χ0) is 12.6. The minimum atomic E-state index is -1.17. The number of carboxylic acids is 1. The largest absolute Gasteiger partial charge is 0.480 e. The molecule has 16 heavy (non-hydrogen) atoms. The van der Waals surface area contributed by atoms with Gasteiger partial charge in [0.15, 0.2) is 6.04 Å². The summed E-state index contributed by atoms with van der Waals surface area (Å²) in [6, 6.07) is -1.11. The van der Waals surface area contributed by atoms with Crippen molar-refractivity contribution in [3.8, 4) is 0 Å². The zero-order valence-corrected chi connectivity index (χ0v) is 9.43. The molecule has 0 fully saturated rings. The van der Waals surface area contributed by atoms with Crippen molar-refractivity contribution in [3.63, 3.8) is 0 Å². The third-order valence-corrected chi connectivity index (χ3v) is 1.52. The molecule has 6 heteroatoms. The second kappa shape index (κ2) is 7.70. The monoisotopic (exact) mass is 231 g/mol. The van der Waals surface area contributed by atoms with Crippen LogP contribution in [0.15, 0.2) is 12.7 Å². The van der Waals surface area contributed by atoms with E-state index in [4.69, 9.17) is 9.84 Å². The Kier molecular flexibility index (Phi) is 6.95. The molecule has 0 aliphatic heterocycles. The van der Waals surface area contributed by atoms with Gasteiger partial charge in [-0.25, -0.2) is 9.59 Å². The standard InChI is InChI=1S/C10H17NO5/c1-4-5-15-10(14)11-8(9(12)13)6-16-7(2)3/h4,7-8H,1,5-6H2,2-3H3,(H,11,14)(H,12,13)/t8-/m1/s1. The van der Waals surface area contributed by atoms with E-state index in [0.717, 1.165) is 0 Å². The summed E-state index contributed by atoms with van der Waals surface area (Å²) in [6.45, 7) is 6.84. The Balaban J connectivity index is 4.07. The molecule has 0 radical (unpaired) electrons. The van der Waals surface area contributed by atoms with Gasteiger partial charge in [0.25, 0.3) is 0 Å². The van der Waals surface area contributed by atoms with Crippen molar-refractivity contribution in [2.45, 2.75) is 26.0 Å². The van der Waals surface area contributed by atoms with Gasteiger partial charge in [0, 0.05) is 0 Å². The quantitative estimate of drug-likeness (QED) is 0.632. The molecule has 0 aromatic carbocycles. The van der Waals surface area contributed by atoms with E-state index in [9.17, 15) is 9.59 Å². The molecule has 1 atom stereocenters. The van der Waals surface area contributed by atoms with Crippen LogP contribution >= 0.6 is 0 Å². The van der Waals surface area contributed by atoms with Gasteiger partial charge in [0.1, 0.15) is 6.61 Å². The van der Waals surface area contributed by atoms with Crippen molar-refractivity contribution in [1.29, 1.82) is 0 Å². The van der Waals surface area contributed by atoms with E-state index in [1.54, 1.807) is 13.8 Å². The fraction of sp³-hybridized carbons (Fsp3) is 0.600. The first kappa shape index (κ1) is 14.4. The third kappa shape index (κ3) is 6.83. The van der Waals surface area contributed by atoms with E-state index in [1.807, 2.05) is 0 Å². The SMILES string of the molecule is C=CCOC(=O)N[C@H](COC(C)C)C(=O)O. The summed E-state index contributed by atoms with van der Waals surface area (Å²) < 4.78 is 9.69. The maximum absolute atomic E-state index is 11.1. The van der Waals surface area contributed by atoms with E-state index < -0.39 is 18.1 Å². The molecule has 0 unspecified atom stereocenters. The van der Waals surface area contributed by atoms with Gasteiger partial charge >= 0.3 is 12.1 Å². The predicted molar refractivity (Wildman–Crippen MR) is 57.2 cm³/mol. The Morgan fingerprint density at radius 3 is 2.56 bits per heavy atom. The highest BCUT2D eigenvalue weighted by Gasteiger charge is 2.21. The Bertz CT molecular complexity index is 252. The number of amides is 1. The molecule has 0 spiro atoms. The molecule has 0 aliphatic carbocycles. The number of carboxylic acid groups (broad SMARTS) is 1. The van der Waals surface area contributed by atoms with Crippen LogP contribution < -0.4 is 5.32 Å². The topological polar surface area (TPSA) is 84.9 Å². The van der Waals surface area contributed by atoms with Crippen LogP contribution in [0.4, 0.5) is 4.79 Å². The summed E-state index contributed by atoms with van der Waals surface area (Å²) in [4.78, 5) is 21.8. The highest BCUT2D eigenvalue weighted by molar-refractivity contribution is 5.80. The lowest BCUT2D eigenvalue weighted by Gasteiger charge is -2.15. The molecule has 0 saturated heterocycles. The number of nitrogens with one attached hydrogen (secondary N) is 1. The average molecular weight is 231 g/mol. The maximum Gasteiger partial charge on any atom is 0.408 e. The van der Waals surface area contributed by atoms with E-state index in [2.05, 4.69) is 16.6 Å². The number of hydrogen-bond donors (Lipinski definition) is 2. The fourth-order valence-corrected chi connectivity index (χ4v) is 0.782. The summed E-state index contributed by atoms with van der Waals surface area (Å²) in [5.41, 5.74) is 0. The molecule has 1 amide bonds. The van der Waals surface area contributed by atoms with Gasteiger partial charge in [-0.15, -0.1) is 0 Å². The first-order chi connectivity index (χ1) is 7.47. The molecule has 0 bridgehead atoms. The Morgan fingerprint density at radius 2 is 2.12 bits per heavy atom. The number of ether oxygens (including phenoxy) is 2. The normalized spacial score (nSPS) is 11.9. The number of carbonyl (C=O) groups excluding carboxylic acids is 1. The van der Waals surface area contributed by atoms with Crippen LogP contribution in [0.5, 0.6) is 0 Å². The van der Waals surface area contributed by atoms with E-state index in [1.165, 1.54) is 6.08 Å². The smallest absolute Gasteiger partial charge is 0.408 e. The molecule has 0 aromatic heterocycles. The Hall–Kier alpha value is -1.56. The van der Waals surface area contributed by atoms with Crippen LogP contribution in [-0.2, 0) is 14.3 Å². The van der Waals surface area contributed by atoms with Crippen molar-refractivity contribution in [2.24, 2.45) is 0 Å². The van der Waals surface area contributed by atoms with Gasteiger partial charge in [0.2, 0.25) is 0 Å². The van der Waals surface area contributed by atoms with Gasteiger partial charge in [-0.2, -0.15) is 0 Å². The maximum atomic E-state index is 11.1. The summed E-state index contributed by atoms with van der Waals surface area (Å²) >= 11 is 0. The minimum absolute atomic E-state index is 0.0310. The van der Waals surface area contributed by atoms with Crippen LogP contribution in [0.2, 0.25) is 0 Å². The number of hydrogen-bond acceptors (Lipinski definition) is 4. The minimum Gasteiger partial charge on any atom is -0.480 e. The molecule has 0 saturated carbocycles. The van der Waals surface area contributed by atoms with Gasteiger partial charge in [0.05, 0.1) is 12.7 Å². The van der Waals surface area contributed by atoms with Gasteiger partial charge in [-0.1, -0.05) is 12.7 Å². The van der Waals surface area contributed by atoms with Crippen molar-refractivity contribution in [3.05, 3.63) is 12.7 Å². The predicted octanol–water partition coefficient (Wildman–Crippen LogP) is 0.777. The molecular formula is C10H17NO5. The van der Waals surface area contributed by atoms with Crippen LogP contribution in [-0.4, -0.2) is 42.5 Å². The molecule has 2 N–H and O–H groups in total. The molecule has 92 valence electrons. The number of alkyl carbamates (subject to hydrolysis) is 1. The first-order valence-electron chi connectivity index (χ1n) is 4.86. The highest BCUT2D eigenvalue weighted by atomic mass is 16.5. The van der Waals surface area contributed by atoms with Gasteiger partial charge in [-0.05, 0) is 13.8 Å². The van der Waals surface area contributed by atoms with Crippen LogP contribution in [0, 0.1) is 0 Å². The molecule has 0 aromatic rings. The molecule has 0 heterocycles. The Labute approximate surface area is 94.2 Å². The molecule has 6 nitrogen and oxygen atoms in total. The van der Waals surface area contributed by atoms with E-state index in [-0.39, 0.29) is 19.3 Å². The summed E-state index contributed by atoms with van der Waals surface area (Å²) in [5, 5.41) is 11.0. The molecular weight excluding hydrogens is 214 g/mol. The summed E-state index contributed by atoms with van der Waals surface area (Å²) in [7, 11) is 0. The number of carbonyl (C=O) groups is 2. The van der Waals surface area contributed by atoms with Crippen molar-refractivity contribution in [1.82, 2.24) is 5.32 Å². The highest BCUT2D eigenvalue weighted by Crippen LogP contribution is 1.93. The van der Waals surface area contributed by atoms with Gasteiger partial charge in [-0.3, -0.25) is 0 Å². The summed E-state index contributed by atoms with van der Waals surface area (Å²) in [6.07, 6.45) is 0.479. The fourth-order valence-electron chi connectivity index (χ4n) is 0.782. The van der Waals surface area contributed by atoms with Crippen molar-refractivity contribution in [2.75, 3.05) is 13.2 Å². The van der Waals surface area contributed by atoms with E-state index in [0.29, 0.717) is 0 Å². The van der Waals surface area contributed by atoms with Crippen LogP contribution in [0.25, 0.3) is 0 Å².